The lowest BCUT2D eigenvalue weighted by molar-refractivity contribution is -0.118. The van der Waals surface area contributed by atoms with Crippen LogP contribution in [0.5, 0.6) is 0 Å². The van der Waals surface area contributed by atoms with Gasteiger partial charge in [-0.15, -0.1) is 0 Å². The Morgan fingerprint density at radius 2 is 1.89 bits per heavy atom. The molecule has 1 fully saturated rings. The van der Waals surface area contributed by atoms with E-state index in [4.69, 9.17) is 4.74 Å². The summed E-state index contributed by atoms with van der Waals surface area (Å²) in [5.74, 6) is -0.134. The maximum absolute atomic E-state index is 12.7. The lowest BCUT2D eigenvalue weighted by atomic mass is 10.1. The van der Waals surface area contributed by atoms with Crippen LogP contribution in [0.3, 0.4) is 0 Å². The van der Waals surface area contributed by atoms with Gasteiger partial charge >= 0.3 is 0 Å². The van der Waals surface area contributed by atoms with Gasteiger partial charge in [0, 0.05) is 43.6 Å². The number of rotatable bonds is 8. The lowest BCUT2D eigenvalue weighted by Gasteiger charge is -2.25. The van der Waals surface area contributed by atoms with Crippen molar-refractivity contribution >= 4 is 17.5 Å². The second-order valence-corrected chi connectivity index (χ2v) is 8.44. The second kappa shape index (κ2) is 11.2. The molecule has 1 aromatic carbocycles. The molecule has 3 N–H and O–H groups in total. The van der Waals surface area contributed by atoms with Crippen molar-refractivity contribution in [3.8, 4) is 22.6 Å². The Balaban J connectivity index is 1.55. The monoisotopic (exact) mass is 479 g/mol. The SMILES string of the molecule is C[C@@H](CO)NC(=O)c1cc(-c2ccc(NC(=O)CN3CCOCC3)cc2)nc(-c2cnn(C)c2)n1. The normalized spacial score (nSPS) is 14.9. The average molecular weight is 480 g/mol. The Hall–Kier alpha value is -3.67. The van der Waals surface area contributed by atoms with Crippen molar-refractivity contribution in [2.45, 2.75) is 13.0 Å². The first-order chi connectivity index (χ1) is 16.9. The molecule has 0 bridgehead atoms. The van der Waals surface area contributed by atoms with Crippen LogP contribution in [-0.4, -0.2) is 87.1 Å². The topological polar surface area (TPSA) is 134 Å². The molecule has 2 aromatic heterocycles. The number of morpholine rings is 1. The van der Waals surface area contributed by atoms with Crippen LogP contribution in [-0.2, 0) is 16.6 Å². The van der Waals surface area contributed by atoms with Gasteiger partial charge in [0.2, 0.25) is 5.91 Å². The molecule has 0 saturated carbocycles. The number of aliphatic hydroxyl groups is 1. The zero-order valence-corrected chi connectivity index (χ0v) is 19.8. The molecule has 0 spiro atoms. The predicted octanol–water partition coefficient (Wildman–Crippen LogP) is 0.925. The van der Waals surface area contributed by atoms with Gasteiger partial charge in [0.25, 0.3) is 5.91 Å². The smallest absolute Gasteiger partial charge is 0.270 e. The van der Waals surface area contributed by atoms with Gasteiger partial charge in [-0.05, 0) is 25.1 Å². The minimum atomic E-state index is -0.414. The van der Waals surface area contributed by atoms with E-state index < -0.39 is 11.9 Å². The molecule has 184 valence electrons. The van der Waals surface area contributed by atoms with Crippen molar-refractivity contribution in [2.24, 2.45) is 7.05 Å². The summed E-state index contributed by atoms with van der Waals surface area (Å²) in [6.07, 6.45) is 3.40. The first-order valence-electron chi connectivity index (χ1n) is 11.4. The van der Waals surface area contributed by atoms with Crippen molar-refractivity contribution in [1.29, 1.82) is 0 Å². The van der Waals surface area contributed by atoms with Crippen LogP contribution in [0.15, 0.2) is 42.7 Å². The summed E-state index contributed by atoms with van der Waals surface area (Å²) in [6.45, 7) is 4.60. The highest BCUT2D eigenvalue weighted by Gasteiger charge is 2.17. The number of nitrogens with one attached hydrogen (secondary N) is 2. The molecule has 3 aromatic rings. The summed E-state index contributed by atoms with van der Waals surface area (Å²) < 4.78 is 6.95. The number of anilines is 1. The van der Waals surface area contributed by atoms with Gasteiger partial charge in [0.05, 0.1) is 43.8 Å². The molecule has 1 aliphatic heterocycles. The molecular weight excluding hydrogens is 450 g/mol. The number of carbonyl (C=O) groups is 2. The van der Waals surface area contributed by atoms with Crippen molar-refractivity contribution in [3.63, 3.8) is 0 Å². The number of carbonyl (C=O) groups excluding carboxylic acids is 2. The van der Waals surface area contributed by atoms with Crippen LogP contribution in [0.2, 0.25) is 0 Å². The third kappa shape index (κ3) is 6.47. The van der Waals surface area contributed by atoms with Gasteiger partial charge in [-0.25, -0.2) is 9.97 Å². The minimum Gasteiger partial charge on any atom is -0.394 e. The number of nitrogens with zero attached hydrogens (tertiary/aromatic N) is 5. The van der Waals surface area contributed by atoms with Gasteiger partial charge < -0.3 is 20.5 Å². The number of aliphatic hydroxyl groups excluding tert-OH is 1. The summed E-state index contributed by atoms with van der Waals surface area (Å²) in [4.78, 5) is 36.2. The summed E-state index contributed by atoms with van der Waals surface area (Å²) in [6, 6.07) is 8.45. The molecule has 35 heavy (non-hydrogen) atoms. The number of aryl methyl sites for hydroxylation is 1. The summed E-state index contributed by atoms with van der Waals surface area (Å²) in [5, 5.41) is 19.1. The van der Waals surface area contributed by atoms with E-state index in [0.29, 0.717) is 42.5 Å². The molecule has 1 aliphatic rings. The number of aromatic nitrogens is 4. The maximum Gasteiger partial charge on any atom is 0.270 e. The fourth-order valence-corrected chi connectivity index (χ4v) is 3.61. The Morgan fingerprint density at radius 3 is 2.54 bits per heavy atom. The molecule has 1 saturated heterocycles. The number of ether oxygens (including phenoxy) is 1. The molecule has 0 unspecified atom stereocenters. The minimum absolute atomic E-state index is 0.0856. The highest BCUT2D eigenvalue weighted by atomic mass is 16.5. The van der Waals surface area contributed by atoms with Gasteiger partial charge in [-0.1, -0.05) is 12.1 Å². The highest BCUT2D eigenvalue weighted by Crippen LogP contribution is 2.24. The van der Waals surface area contributed by atoms with Crippen molar-refractivity contribution in [2.75, 3.05) is 44.8 Å². The standard InChI is InChI=1S/C24H29N7O4/c1-16(15-32)26-24(34)21-11-20(28-23(29-21)18-12-25-30(2)13-18)17-3-5-19(6-4-17)27-22(33)14-31-7-9-35-10-8-31/h3-6,11-13,16,32H,7-10,14-15H2,1-2H3,(H,26,34)(H,27,33)/t16-/m0/s1. The van der Waals surface area contributed by atoms with E-state index in [2.05, 4.69) is 30.6 Å². The van der Waals surface area contributed by atoms with Gasteiger partial charge in [-0.2, -0.15) is 5.10 Å². The largest absolute Gasteiger partial charge is 0.394 e. The van der Waals surface area contributed by atoms with Crippen LogP contribution in [0.25, 0.3) is 22.6 Å². The Kier molecular flexibility index (Phi) is 7.80. The van der Waals surface area contributed by atoms with Crippen molar-refractivity contribution in [1.82, 2.24) is 30.0 Å². The van der Waals surface area contributed by atoms with Crippen molar-refractivity contribution in [3.05, 3.63) is 48.4 Å². The van der Waals surface area contributed by atoms with Crippen LogP contribution >= 0.6 is 0 Å². The number of benzene rings is 1. The van der Waals surface area contributed by atoms with E-state index in [0.717, 1.165) is 18.7 Å². The number of hydrogen-bond acceptors (Lipinski definition) is 8. The first kappa shape index (κ1) is 24.5. The molecule has 1 atom stereocenters. The van der Waals surface area contributed by atoms with Gasteiger partial charge in [0.15, 0.2) is 5.82 Å². The Bertz CT molecular complexity index is 1170. The lowest BCUT2D eigenvalue weighted by Crippen LogP contribution is -2.41. The van der Waals surface area contributed by atoms with E-state index in [1.165, 1.54) is 0 Å². The molecule has 2 amide bonds. The van der Waals surface area contributed by atoms with E-state index >= 15 is 0 Å². The molecule has 0 aliphatic carbocycles. The van der Waals surface area contributed by atoms with Gasteiger partial charge in [0.1, 0.15) is 5.69 Å². The third-order valence-electron chi connectivity index (χ3n) is 5.51. The van der Waals surface area contributed by atoms with Crippen LogP contribution in [0.4, 0.5) is 5.69 Å². The number of amides is 2. The second-order valence-electron chi connectivity index (χ2n) is 8.44. The first-order valence-corrected chi connectivity index (χ1v) is 11.4. The Morgan fingerprint density at radius 1 is 1.14 bits per heavy atom. The molecule has 11 nitrogen and oxygen atoms in total. The summed E-state index contributed by atoms with van der Waals surface area (Å²) >= 11 is 0. The fourth-order valence-electron chi connectivity index (χ4n) is 3.61. The van der Waals surface area contributed by atoms with Crippen molar-refractivity contribution < 1.29 is 19.4 Å². The van der Waals surface area contributed by atoms with E-state index in [-0.39, 0.29) is 18.2 Å². The quantitative estimate of drug-likeness (QED) is 0.434. The maximum atomic E-state index is 12.7. The predicted molar refractivity (Wildman–Crippen MR) is 130 cm³/mol. The third-order valence-corrected chi connectivity index (χ3v) is 5.51. The zero-order chi connectivity index (χ0) is 24.8. The highest BCUT2D eigenvalue weighted by molar-refractivity contribution is 5.94. The zero-order valence-electron chi connectivity index (χ0n) is 19.8. The molecule has 3 heterocycles. The summed E-state index contributed by atoms with van der Waals surface area (Å²) in [7, 11) is 1.79. The van der Waals surface area contributed by atoms with E-state index in [1.807, 2.05) is 12.1 Å². The molecule has 11 heteroatoms. The van der Waals surface area contributed by atoms with Crippen LogP contribution < -0.4 is 10.6 Å². The molecule has 0 radical (unpaired) electrons. The molecular formula is C24H29N7O4. The number of hydrogen-bond donors (Lipinski definition) is 3. The fraction of sp³-hybridized carbons (Fsp3) is 0.375. The summed E-state index contributed by atoms with van der Waals surface area (Å²) in [5.41, 5.74) is 2.82. The van der Waals surface area contributed by atoms with E-state index in [9.17, 15) is 14.7 Å². The van der Waals surface area contributed by atoms with Gasteiger partial charge in [-0.3, -0.25) is 19.2 Å². The van der Waals surface area contributed by atoms with E-state index in [1.54, 1.807) is 49.2 Å². The Labute approximate surface area is 203 Å². The van der Waals surface area contributed by atoms with Crippen LogP contribution in [0, 0.1) is 0 Å². The average Bonchev–Trinajstić information content (AvgIpc) is 3.31. The van der Waals surface area contributed by atoms with Crippen LogP contribution in [0.1, 0.15) is 17.4 Å². The molecule has 4 rings (SSSR count).